The summed E-state index contributed by atoms with van der Waals surface area (Å²) in [5.74, 6) is -0.343. The number of phenols is 1. The van der Waals surface area contributed by atoms with Gasteiger partial charge in [0.25, 0.3) is 0 Å². The van der Waals surface area contributed by atoms with Gasteiger partial charge in [-0.25, -0.2) is 0 Å². The second kappa shape index (κ2) is 4.62. The molecular formula is C10H12O4. The highest BCUT2D eigenvalue weighted by Gasteiger charge is 2.12. The van der Waals surface area contributed by atoms with Crippen LogP contribution in [0, 0.1) is 0 Å². The summed E-state index contributed by atoms with van der Waals surface area (Å²) in [5.41, 5.74) is 0.577. The molecule has 1 atom stereocenters. The van der Waals surface area contributed by atoms with Crippen LogP contribution in [0.15, 0.2) is 24.3 Å². The lowest BCUT2D eigenvalue weighted by atomic mass is 10.1. The number of ether oxygens (including phenoxy) is 1. The molecule has 0 radical (unpaired) electrons. The molecular weight excluding hydrogens is 184 g/mol. The lowest BCUT2D eigenvalue weighted by Crippen LogP contribution is -2.07. The van der Waals surface area contributed by atoms with Crippen LogP contribution in [0.3, 0.4) is 0 Å². The molecule has 0 spiro atoms. The van der Waals surface area contributed by atoms with Gasteiger partial charge in [-0.3, -0.25) is 4.79 Å². The SMILES string of the molecule is COC(=O)C[C@@H](O)c1ccc(O)cc1. The zero-order valence-electron chi connectivity index (χ0n) is 7.80. The molecule has 0 amide bonds. The van der Waals surface area contributed by atoms with Gasteiger partial charge in [-0.15, -0.1) is 0 Å². The zero-order chi connectivity index (χ0) is 10.6. The molecule has 1 aromatic carbocycles. The molecule has 0 aliphatic heterocycles. The maximum Gasteiger partial charge on any atom is 0.308 e. The highest BCUT2D eigenvalue weighted by atomic mass is 16.5. The van der Waals surface area contributed by atoms with Crippen molar-refractivity contribution in [2.75, 3.05) is 7.11 Å². The molecule has 0 aromatic heterocycles. The van der Waals surface area contributed by atoms with Gasteiger partial charge in [0, 0.05) is 0 Å². The Hall–Kier alpha value is -1.55. The van der Waals surface area contributed by atoms with Crippen LogP contribution >= 0.6 is 0 Å². The van der Waals surface area contributed by atoms with Crippen molar-refractivity contribution in [2.45, 2.75) is 12.5 Å². The summed E-state index contributed by atoms with van der Waals surface area (Å²) in [5, 5.41) is 18.5. The third-order valence-electron chi connectivity index (χ3n) is 1.87. The van der Waals surface area contributed by atoms with Crippen LogP contribution in [0.4, 0.5) is 0 Å². The molecule has 1 aromatic rings. The first-order chi connectivity index (χ1) is 6.63. The average Bonchev–Trinajstić information content (AvgIpc) is 2.18. The van der Waals surface area contributed by atoms with E-state index in [9.17, 15) is 9.90 Å². The molecule has 76 valence electrons. The Bertz CT molecular complexity index is 304. The molecule has 0 bridgehead atoms. The Kier molecular flexibility index (Phi) is 3.48. The number of carbonyl (C=O) groups excluding carboxylic acids is 1. The van der Waals surface area contributed by atoms with Crippen molar-refractivity contribution in [1.82, 2.24) is 0 Å². The molecule has 14 heavy (non-hydrogen) atoms. The number of carbonyl (C=O) groups is 1. The average molecular weight is 196 g/mol. The molecule has 4 nitrogen and oxygen atoms in total. The summed E-state index contributed by atoms with van der Waals surface area (Å²) >= 11 is 0. The van der Waals surface area contributed by atoms with E-state index in [2.05, 4.69) is 4.74 Å². The molecule has 0 unspecified atom stereocenters. The van der Waals surface area contributed by atoms with E-state index in [1.54, 1.807) is 12.1 Å². The van der Waals surface area contributed by atoms with Crippen molar-refractivity contribution in [1.29, 1.82) is 0 Å². The van der Waals surface area contributed by atoms with Crippen LogP contribution < -0.4 is 0 Å². The first kappa shape index (κ1) is 10.5. The Morgan fingerprint density at radius 2 is 2.00 bits per heavy atom. The van der Waals surface area contributed by atoms with Crippen LogP contribution in [0.2, 0.25) is 0 Å². The summed E-state index contributed by atoms with van der Waals surface area (Å²) in [7, 11) is 1.27. The van der Waals surface area contributed by atoms with Crippen molar-refractivity contribution in [3.8, 4) is 5.75 Å². The number of aliphatic hydroxyl groups is 1. The van der Waals surface area contributed by atoms with E-state index in [1.165, 1.54) is 19.2 Å². The van der Waals surface area contributed by atoms with Crippen molar-refractivity contribution in [3.63, 3.8) is 0 Å². The molecule has 0 heterocycles. The molecule has 0 saturated heterocycles. The van der Waals surface area contributed by atoms with Gasteiger partial charge in [-0.2, -0.15) is 0 Å². The predicted molar refractivity (Wildman–Crippen MR) is 49.7 cm³/mol. The van der Waals surface area contributed by atoms with Crippen molar-refractivity contribution in [2.24, 2.45) is 0 Å². The Morgan fingerprint density at radius 1 is 1.43 bits per heavy atom. The molecule has 4 heteroatoms. The summed E-state index contributed by atoms with van der Waals surface area (Å²) in [6, 6.07) is 6.03. The lowest BCUT2D eigenvalue weighted by molar-refractivity contribution is -0.142. The number of aromatic hydroxyl groups is 1. The number of esters is 1. The van der Waals surface area contributed by atoms with Crippen LogP contribution in [-0.4, -0.2) is 23.3 Å². The topological polar surface area (TPSA) is 66.8 Å². The standard InChI is InChI=1S/C10H12O4/c1-14-10(13)6-9(12)7-2-4-8(11)5-3-7/h2-5,9,11-12H,6H2,1H3/t9-/m1/s1. The molecule has 0 aliphatic carbocycles. The van der Waals surface area contributed by atoms with Crippen molar-refractivity contribution in [3.05, 3.63) is 29.8 Å². The normalized spacial score (nSPS) is 12.1. The third-order valence-corrected chi connectivity index (χ3v) is 1.87. The van der Waals surface area contributed by atoms with Crippen LogP contribution in [0.5, 0.6) is 5.75 Å². The maximum absolute atomic E-state index is 10.8. The minimum Gasteiger partial charge on any atom is -0.508 e. The fourth-order valence-corrected chi connectivity index (χ4v) is 1.06. The number of methoxy groups -OCH3 is 1. The van der Waals surface area contributed by atoms with E-state index in [4.69, 9.17) is 5.11 Å². The largest absolute Gasteiger partial charge is 0.508 e. The summed E-state index contributed by atoms with van der Waals surface area (Å²) in [4.78, 5) is 10.8. The fraction of sp³-hybridized carbons (Fsp3) is 0.300. The molecule has 0 saturated carbocycles. The number of rotatable bonds is 3. The van der Waals surface area contributed by atoms with Gasteiger partial charge in [0.15, 0.2) is 0 Å². The van der Waals surface area contributed by atoms with Gasteiger partial charge in [-0.1, -0.05) is 12.1 Å². The van der Waals surface area contributed by atoms with E-state index in [0.29, 0.717) is 5.56 Å². The molecule has 1 rings (SSSR count). The molecule has 0 fully saturated rings. The van der Waals surface area contributed by atoms with E-state index >= 15 is 0 Å². The number of hydrogen-bond acceptors (Lipinski definition) is 4. The maximum atomic E-state index is 10.8. The zero-order valence-corrected chi connectivity index (χ0v) is 7.80. The van der Waals surface area contributed by atoms with Gasteiger partial charge in [0.2, 0.25) is 0 Å². The van der Waals surface area contributed by atoms with Crippen molar-refractivity contribution < 1.29 is 19.7 Å². The highest BCUT2D eigenvalue weighted by molar-refractivity contribution is 5.70. The number of hydrogen-bond donors (Lipinski definition) is 2. The second-order valence-corrected chi connectivity index (χ2v) is 2.89. The predicted octanol–water partition coefficient (Wildman–Crippen LogP) is 0.989. The number of phenolic OH excluding ortho intramolecular Hbond substituents is 1. The smallest absolute Gasteiger partial charge is 0.308 e. The number of aliphatic hydroxyl groups excluding tert-OH is 1. The first-order valence-corrected chi connectivity index (χ1v) is 4.17. The fourth-order valence-electron chi connectivity index (χ4n) is 1.06. The Morgan fingerprint density at radius 3 is 2.50 bits per heavy atom. The molecule has 0 aliphatic rings. The third kappa shape index (κ3) is 2.74. The molecule has 2 N–H and O–H groups in total. The summed E-state index contributed by atoms with van der Waals surface area (Å²) < 4.78 is 4.42. The number of benzene rings is 1. The Labute approximate surface area is 81.8 Å². The van der Waals surface area contributed by atoms with Gasteiger partial charge >= 0.3 is 5.97 Å². The van der Waals surface area contributed by atoms with E-state index in [1.807, 2.05) is 0 Å². The van der Waals surface area contributed by atoms with Crippen LogP contribution in [0.25, 0.3) is 0 Å². The summed E-state index contributed by atoms with van der Waals surface area (Å²) in [6.45, 7) is 0. The van der Waals surface area contributed by atoms with Gasteiger partial charge in [0.05, 0.1) is 19.6 Å². The quantitative estimate of drug-likeness (QED) is 0.707. The highest BCUT2D eigenvalue weighted by Crippen LogP contribution is 2.19. The lowest BCUT2D eigenvalue weighted by Gasteiger charge is -2.08. The van der Waals surface area contributed by atoms with Gasteiger partial charge in [-0.05, 0) is 17.7 Å². The second-order valence-electron chi connectivity index (χ2n) is 2.89. The van der Waals surface area contributed by atoms with Gasteiger partial charge < -0.3 is 14.9 Å². The first-order valence-electron chi connectivity index (χ1n) is 4.17. The summed E-state index contributed by atoms with van der Waals surface area (Å²) in [6.07, 6.45) is -0.968. The van der Waals surface area contributed by atoms with E-state index < -0.39 is 12.1 Å². The van der Waals surface area contributed by atoms with Crippen molar-refractivity contribution >= 4 is 5.97 Å². The monoisotopic (exact) mass is 196 g/mol. The van der Waals surface area contributed by atoms with E-state index in [0.717, 1.165) is 0 Å². The van der Waals surface area contributed by atoms with E-state index in [-0.39, 0.29) is 12.2 Å². The minimum absolute atomic E-state index is 0.0821. The van der Waals surface area contributed by atoms with Crippen LogP contribution in [0.1, 0.15) is 18.1 Å². The Balaban J connectivity index is 2.65. The van der Waals surface area contributed by atoms with Crippen LogP contribution in [-0.2, 0) is 9.53 Å². The van der Waals surface area contributed by atoms with Gasteiger partial charge in [0.1, 0.15) is 5.75 Å². The minimum atomic E-state index is -0.886.